The second-order valence-corrected chi connectivity index (χ2v) is 8.28. The van der Waals surface area contributed by atoms with Crippen LogP contribution in [-0.2, 0) is 16.6 Å². The molecular weight excluding hydrogens is 463 g/mol. The van der Waals surface area contributed by atoms with Crippen molar-refractivity contribution < 1.29 is 8.42 Å². The van der Waals surface area contributed by atoms with Crippen molar-refractivity contribution in [2.75, 3.05) is 25.4 Å². The summed E-state index contributed by atoms with van der Waals surface area (Å²) in [5, 5.41) is 6.22. The molecule has 0 fully saturated rings. The van der Waals surface area contributed by atoms with Crippen molar-refractivity contribution in [2.24, 2.45) is 10.9 Å². The minimum atomic E-state index is -3.32. The van der Waals surface area contributed by atoms with Gasteiger partial charge < -0.3 is 10.6 Å². The van der Waals surface area contributed by atoms with E-state index in [0.717, 1.165) is 31.5 Å². The van der Waals surface area contributed by atoms with Crippen LogP contribution in [0.5, 0.6) is 0 Å². The Labute approximate surface area is 175 Å². The summed E-state index contributed by atoms with van der Waals surface area (Å²) in [4.78, 5) is 4.48. The summed E-state index contributed by atoms with van der Waals surface area (Å²) >= 11 is 0. The van der Waals surface area contributed by atoms with Gasteiger partial charge in [0.1, 0.15) is 0 Å². The van der Waals surface area contributed by atoms with Gasteiger partial charge in [-0.25, -0.2) is 13.1 Å². The minimum absolute atomic E-state index is 0. The third-order valence-corrected chi connectivity index (χ3v) is 4.88. The number of sulfonamides is 1. The molecule has 0 atom stereocenters. The zero-order valence-corrected chi connectivity index (χ0v) is 19.1. The van der Waals surface area contributed by atoms with Crippen LogP contribution >= 0.6 is 24.0 Å². The van der Waals surface area contributed by atoms with E-state index in [2.05, 4.69) is 34.2 Å². The van der Waals surface area contributed by atoms with Gasteiger partial charge in [-0.1, -0.05) is 44.2 Å². The van der Waals surface area contributed by atoms with Crippen molar-refractivity contribution in [3.8, 4) is 0 Å². The fourth-order valence-electron chi connectivity index (χ4n) is 2.20. The van der Waals surface area contributed by atoms with Gasteiger partial charge in [0.2, 0.25) is 10.0 Å². The molecule has 0 bridgehead atoms. The van der Waals surface area contributed by atoms with Crippen LogP contribution in [0.4, 0.5) is 0 Å². The van der Waals surface area contributed by atoms with Crippen LogP contribution in [0.1, 0.15) is 39.2 Å². The number of halogens is 1. The van der Waals surface area contributed by atoms with Crippen LogP contribution < -0.4 is 15.4 Å². The molecule has 150 valence electrons. The highest BCUT2D eigenvalue weighted by molar-refractivity contribution is 14.0. The second kappa shape index (κ2) is 14.2. The van der Waals surface area contributed by atoms with Gasteiger partial charge in [0, 0.05) is 26.2 Å². The Morgan fingerprint density at radius 2 is 1.85 bits per heavy atom. The van der Waals surface area contributed by atoms with E-state index in [1.807, 2.05) is 37.3 Å². The SMILES string of the molecule is CCNC(=NCCCC(C)C)NCCS(=O)(=O)NCc1ccccc1.I. The number of hydrogen-bond donors (Lipinski definition) is 3. The van der Waals surface area contributed by atoms with E-state index in [0.29, 0.717) is 25.0 Å². The summed E-state index contributed by atoms with van der Waals surface area (Å²) in [6.07, 6.45) is 2.17. The van der Waals surface area contributed by atoms with Crippen LogP contribution in [0.3, 0.4) is 0 Å². The molecule has 6 nitrogen and oxygen atoms in total. The normalized spacial score (nSPS) is 11.9. The lowest BCUT2D eigenvalue weighted by Crippen LogP contribution is -2.41. The molecular formula is C18H33IN4O2S. The molecule has 0 heterocycles. The maximum Gasteiger partial charge on any atom is 0.213 e. The zero-order chi connectivity index (χ0) is 18.5. The molecule has 0 unspecified atom stereocenters. The van der Waals surface area contributed by atoms with Gasteiger partial charge in [0.15, 0.2) is 5.96 Å². The van der Waals surface area contributed by atoms with E-state index in [1.54, 1.807) is 0 Å². The van der Waals surface area contributed by atoms with Gasteiger partial charge >= 0.3 is 0 Å². The topological polar surface area (TPSA) is 82.6 Å². The average molecular weight is 496 g/mol. The number of rotatable bonds is 11. The van der Waals surface area contributed by atoms with Gasteiger partial charge in [-0.3, -0.25) is 4.99 Å². The number of nitrogens with one attached hydrogen (secondary N) is 3. The number of guanidine groups is 1. The highest BCUT2D eigenvalue weighted by Gasteiger charge is 2.10. The van der Waals surface area contributed by atoms with E-state index in [-0.39, 0.29) is 29.7 Å². The van der Waals surface area contributed by atoms with Crippen molar-refractivity contribution in [3.63, 3.8) is 0 Å². The van der Waals surface area contributed by atoms with Gasteiger partial charge in [-0.05, 0) is 31.2 Å². The van der Waals surface area contributed by atoms with Crippen LogP contribution in [-0.4, -0.2) is 39.8 Å². The summed E-state index contributed by atoms with van der Waals surface area (Å²) in [6, 6.07) is 9.49. The maximum atomic E-state index is 12.1. The first-order chi connectivity index (χ1) is 11.9. The molecule has 1 rings (SSSR count). The van der Waals surface area contributed by atoms with Gasteiger partial charge in [-0.2, -0.15) is 0 Å². The molecule has 0 aromatic heterocycles. The first-order valence-corrected chi connectivity index (χ1v) is 10.6. The average Bonchev–Trinajstić information content (AvgIpc) is 2.57. The smallest absolute Gasteiger partial charge is 0.213 e. The lowest BCUT2D eigenvalue weighted by molar-refractivity contribution is 0.560. The molecule has 8 heteroatoms. The molecule has 0 aliphatic heterocycles. The summed E-state index contributed by atoms with van der Waals surface area (Å²) in [7, 11) is -3.32. The molecule has 0 radical (unpaired) electrons. The minimum Gasteiger partial charge on any atom is -0.357 e. The fraction of sp³-hybridized carbons (Fsp3) is 0.611. The standard InChI is InChI=1S/C18H32N4O2S.HI/c1-4-19-18(20-12-8-9-16(2)3)21-13-14-25(23,24)22-15-17-10-6-5-7-11-17;/h5-7,10-11,16,22H,4,8-9,12-15H2,1-3H3,(H2,19,20,21);1H. The van der Waals surface area contributed by atoms with Crippen LogP contribution in [0.25, 0.3) is 0 Å². The van der Waals surface area contributed by atoms with Gasteiger partial charge in [0.05, 0.1) is 5.75 Å². The summed E-state index contributed by atoms with van der Waals surface area (Å²) in [5.74, 6) is 1.35. The van der Waals surface area contributed by atoms with Crippen molar-refractivity contribution in [1.82, 2.24) is 15.4 Å². The Balaban J connectivity index is 0.00000625. The molecule has 1 aromatic rings. The largest absolute Gasteiger partial charge is 0.357 e. The Bertz CT molecular complexity index is 607. The number of benzene rings is 1. The predicted octanol–water partition coefficient (Wildman–Crippen LogP) is 2.72. The van der Waals surface area contributed by atoms with Crippen LogP contribution in [0.15, 0.2) is 35.3 Å². The molecule has 0 saturated carbocycles. The zero-order valence-electron chi connectivity index (χ0n) is 16.0. The summed E-state index contributed by atoms with van der Waals surface area (Å²) < 4.78 is 26.8. The Morgan fingerprint density at radius 1 is 1.15 bits per heavy atom. The van der Waals surface area contributed by atoms with Gasteiger partial charge in [0.25, 0.3) is 0 Å². The van der Waals surface area contributed by atoms with Crippen molar-refractivity contribution in [2.45, 2.75) is 40.2 Å². The molecule has 26 heavy (non-hydrogen) atoms. The van der Waals surface area contributed by atoms with Gasteiger partial charge in [-0.15, -0.1) is 24.0 Å². The molecule has 0 aliphatic carbocycles. The lowest BCUT2D eigenvalue weighted by Gasteiger charge is -2.12. The van der Waals surface area contributed by atoms with E-state index in [9.17, 15) is 8.42 Å². The number of hydrogen-bond acceptors (Lipinski definition) is 3. The number of nitrogens with zero attached hydrogens (tertiary/aromatic N) is 1. The summed E-state index contributed by atoms with van der Waals surface area (Å²) in [5.41, 5.74) is 0.944. The monoisotopic (exact) mass is 496 g/mol. The van der Waals surface area contributed by atoms with Crippen molar-refractivity contribution in [1.29, 1.82) is 0 Å². The van der Waals surface area contributed by atoms with Crippen LogP contribution in [0, 0.1) is 5.92 Å². The van der Waals surface area contributed by atoms with E-state index in [1.165, 1.54) is 0 Å². The maximum absolute atomic E-state index is 12.1. The molecule has 1 aromatic carbocycles. The molecule has 0 aliphatic rings. The predicted molar refractivity (Wildman–Crippen MR) is 121 cm³/mol. The Morgan fingerprint density at radius 3 is 2.46 bits per heavy atom. The third-order valence-electron chi connectivity index (χ3n) is 3.56. The Kier molecular flexibility index (Phi) is 13.7. The summed E-state index contributed by atoms with van der Waals surface area (Å²) in [6.45, 7) is 8.50. The molecule has 0 amide bonds. The quantitative estimate of drug-likeness (QED) is 0.191. The van der Waals surface area contributed by atoms with E-state index in [4.69, 9.17) is 0 Å². The van der Waals surface area contributed by atoms with E-state index < -0.39 is 10.0 Å². The Hall–Kier alpha value is -0.870. The first kappa shape index (κ1) is 25.1. The third kappa shape index (κ3) is 12.5. The van der Waals surface area contributed by atoms with Crippen molar-refractivity contribution >= 4 is 40.0 Å². The molecule has 0 spiro atoms. The lowest BCUT2D eigenvalue weighted by atomic mass is 10.1. The number of aliphatic imine (C=N–C) groups is 1. The van der Waals surface area contributed by atoms with E-state index >= 15 is 0 Å². The molecule has 3 N–H and O–H groups in total. The molecule has 0 saturated heterocycles. The van der Waals surface area contributed by atoms with Crippen molar-refractivity contribution in [3.05, 3.63) is 35.9 Å². The van der Waals surface area contributed by atoms with Crippen LogP contribution in [0.2, 0.25) is 0 Å². The first-order valence-electron chi connectivity index (χ1n) is 8.96. The second-order valence-electron chi connectivity index (χ2n) is 6.35. The fourth-order valence-corrected chi connectivity index (χ4v) is 3.10. The highest BCUT2D eigenvalue weighted by Crippen LogP contribution is 2.02. The highest BCUT2D eigenvalue weighted by atomic mass is 127.